The van der Waals surface area contributed by atoms with Gasteiger partial charge in [-0.1, -0.05) is 19.8 Å². The van der Waals surface area contributed by atoms with Crippen molar-refractivity contribution in [3.05, 3.63) is 0 Å². The Morgan fingerprint density at radius 3 is 1.75 bits per heavy atom. The first kappa shape index (κ1) is 8.55. The van der Waals surface area contributed by atoms with Crippen molar-refractivity contribution in [1.82, 2.24) is 0 Å². The number of hydrogen-bond donors (Lipinski definition) is 1. The molecule has 1 atom stereocenters. The molecular weight excluding hydrogens is 148 g/mol. The fourth-order valence-electron chi connectivity index (χ4n) is 2.45. The van der Waals surface area contributed by atoms with Gasteiger partial charge in [-0.05, 0) is 43.4 Å². The van der Waals surface area contributed by atoms with Crippen LogP contribution in [-0.4, -0.2) is 11.2 Å². The molecule has 0 radical (unpaired) electrons. The van der Waals surface area contributed by atoms with Gasteiger partial charge in [0, 0.05) is 0 Å². The van der Waals surface area contributed by atoms with E-state index in [2.05, 4.69) is 6.92 Å². The smallest absolute Gasteiger partial charge is 0.0596 e. The highest BCUT2D eigenvalue weighted by molar-refractivity contribution is 4.87. The summed E-state index contributed by atoms with van der Waals surface area (Å²) in [6, 6.07) is 0. The van der Waals surface area contributed by atoms with E-state index in [1.54, 1.807) is 0 Å². The van der Waals surface area contributed by atoms with Crippen molar-refractivity contribution in [2.24, 2.45) is 17.8 Å². The van der Waals surface area contributed by atoms with E-state index in [1.165, 1.54) is 38.5 Å². The van der Waals surface area contributed by atoms with Gasteiger partial charge in [-0.25, -0.2) is 0 Å². The van der Waals surface area contributed by atoms with Gasteiger partial charge in [-0.15, -0.1) is 0 Å². The van der Waals surface area contributed by atoms with Crippen LogP contribution < -0.4 is 0 Å². The third-order valence-electron chi connectivity index (χ3n) is 3.65. The molecule has 0 aromatic rings. The quantitative estimate of drug-likeness (QED) is 0.672. The Morgan fingerprint density at radius 1 is 0.917 bits per heavy atom. The van der Waals surface area contributed by atoms with E-state index in [-0.39, 0.29) is 6.10 Å². The molecule has 1 nitrogen and oxygen atoms in total. The summed E-state index contributed by atoms with van der Waals surface area (Å²) < 4.78 is 0. The van der Waals surface area contributed by atoms with E-state index in [0.29, 0.717) is 11.8 Å². The summed E-state index contributed by atoms with van der Waals surface area (Å²) in [4.78, 5) is 0. The van der Waals surface area contributed by atoms with Crippen LogP contribution in [0, 0.1) is 17.8 Å². The van der Waals surface area contributed by atoms with Gasteiger partial charge in [0.2, 0.25) is 0 Å². The summed E-state index contributed by atoms with van der Waals surface area (Å²) in [7, 11) is 0. The van der Waals surface area contributed by atoms with Gasteiger partial charge >= 0.3 is 0 Å². The lowest BCUT2D eigenvalue weighted by Gasteiger charge is -2.29. The van der Waals surface area contributed by atoms with Crippen LogP contribution in [0.15, 0.2) is 0 Å². The highest BCUT2D eigenvalue weighted by Crippen LogP contribution is 2.41. The molecule has 0 saturated heterocycles. The molecule has 0 bridgehead atoms. The maximum absolute atomic E-state index is 9.90. The molecule has 12 heavy (non-hydrogen) atoms. The van der Waals surface area contributed by atoms with Crippen molar-refractivity contribution in [3.63, 3.8) is 0 Å². The molecule has 1 heteroatoms. The Balaban J connectivity index is 1.80. The van der Waals surface area contributed by atoms with Crippen molar-refractivity contribution < 1.29 is 5.11 Å². The molecule has 0 heterocycles. The summed E-state index contributed by atoms with van der Waals surface area (Å²) >= 11 is 0. The maximum Gasteiger partial charge on any atom is 0.0596 e. The fourth-order valence-corrected chi connectivity index (χ4v) is 2.45. The highest BCUT2D eigenvalue weighted by Gasteiger charge is 2.36. The summed E-state index contributed by atoms with van der Waals surface area (Å²) in [5.74, 6) is 2.24. The molecule has 0 aliphatic heterocycles. The number of aliphatic hydroxyl groups is 1. The van der Waals surface area contributed by atoms with Crippen molar-refractivity contribution in [2.45, 2.75) is 51.6 Å². The lowest BCUT2D eigenvalue weighted by Crippen LogP contribution is -2.26. The van der Waals surface area contributed by atoms with Gasteiger partial charge in [0.1, 0.15) is 0 Å². The molecule has 2 saturated carbocycles. The molecule has 1 unspecified atom stereocenters. The van der Waals surface area contributed by atoms with E-state index >= 15 is 0 Å². The van der Waals surface area contributed by atoms with Gasteiger partial charge in [0.05, 0.1) is 6.10 Å². The first-order valence-corrected chi connectivity index (χ1v) is 5.45. The van der Waals surface area contributed by atoms with Crippen LogP contribution in [0.2, 0.25) is 0 Å². The van der Waals surface area contributed by atoms with E-state index in [1.807, 2.05) is 0 Å². The molecule has 0 aromatic heterocycles. The van der Waals surface area contributed by atoms with E-state index in [4.69, 9.17) is 0 Å². The maximum atomic E-state index is 9.90. The minimum atomic E-state index is 0.0532. The predicted molar refractivity (Wildman–Crippen MR) is 49.9 cm³/mol. The van der Waals surface area contributed by atoms with Crippen LogP contribution in [0.3, 0.4) is 0 Å². The highest BCUT2D eigenvalue weighted by atomic mass is 16.3. The molecular formula is C11H20O. The fraction of sp³-hybridized carbons (Fsp3) is 1.00. The second-order valence-electron chi connectivity index (χ2n) is 4.85. The van der Waals surface area contributed by atoms with Gasteiger partial charge in [0.15, 0.2) is 0 Å². The Kier molecular flexibility index (Phi) is 2.40. The molecule has 2 fully saturated rings. The first-order valence-electron chi connectivity index (χ1n) is 5.45. The third kappa shape index (κ3) is 1.82. The number of aliphatic hydroxyl groups excluding tert-OH is 1. The average molecular weight is 168 g/mol. The van der Waals surface area contributed by atoms with Crippen molar-refractivity contribution in [2.75, 3.05) is 0 Å². The van der Waals surface area contributed by atoms with Crippen LogP contribution in [0.4, 0.5) is 0 Å². The Hall–Kier alpha value is -0.0400. The van der Waals surface area contributed by atoms with E-state index in [0.717, 1.165) is 5.92 Å². The number of rotatable bonds is 2. The van der Waals surface area contributed by atoms with Crippen LogP contribution in [-0.2, 0) is 0 Å². The summed E-state index contributed by atoms with van der Waals surface area (Å²) in [6.07, 6.45) is 7.86. The first-order chi connectivity index (χ1) is 5.77. The molecule has 2 aliphatic rings. The van der Waals surface area contributed by atoms with Crippen LogP contribution in [0.25, 0.3) is 0 Å². The zero-order chi connectivity index (χ0) is 8.55. The summed E-state index contributed by atoms with van der Waals surface area (Å²) in [6.45, 7) is 2.33. The molecule has 2 aliphatic carbocycles. The summed E-state index contributed by atoms with van der Waals surface area (Å²) in [5.41, 5.74) is 0. The molecule has 0 spiro atoms. The molecule has 70 valence electrons. The van der Waals surface area contributed by atoms with Crippen LogP contribution in [0.1, 0.15) is 45.4 Å². The minimum Gasteiger partial charge on any atom is -0.393 e. The SMILES string of the molecule is C[C@H]1CC[C@H](C(O)C2CC2)CC1. The second-order valence-corrected chi connectivity index (χ2v) is 4.85. The van der Waals surface area contributed by atoms with Gasteiger partial charge in [0.25, 0.3) is 0 Å². The zero-order valence-corrected chi connectivity index (χ0v) is 8.00. The second kappa shape index (κ2) is 3.37. The lowest BCUT2D eigenvalue weighted by molar-refractivity contribution is 0.0581. The standard InChI is InChI=1S/C11H20O/c1-8-2-4-9(5-3-8)11(12)10-6-7-10/h8-12H,2-7H2,1H3/t8-,9-,11?. The van der Waals surface area contributed by atoms with Gasteiger partial charge in [-0.3, -0.25) is 0 Å². The summed E-state index contributed by atoms with van der Waals surface area (Å²) in [5, 5.41) is 9.90. The largest absolute Gasteiger partial charge is 0.393 e. The van der Waals surface area contributed by atoms with Crippen molar-refractivity contribution in [1.29, 1.82) is 0 Å². The lowest BCUT2D eigenvalue weighted by atomic mass is 9.79. The Labute approximate surface area is 75.2 Å². The van der Waals surface area contributed by atoms with Gasteiger partial charge in [-0.2, -0.15) is 0 Å². The average Bonchev–Trinajstić information content (AvgIpc) is 2.87. The normalized spacial score (nSPS) is 39.5. The van der Waals surface area contributed by atoms with Crippen molar-refractivity contribution >= 4 is 0 Å². The van der Waals surface area contributed by atoms with E-state index in [9.17, 15) is 5.11 Å². The Morgan fingerprint density at radius 2 is 1.33 bits per heavy atom. The minimum absolute atomic E-state index is 0.0532. The Bertz CT molecular complexity index is 143. The third-order valence-corrected chi connectivity index (χ3v) is 3.65. The predicted octanol–water partition coefficient (Wildman–Crippen LogP) is 2.58. The molecule has 0 amide bonds. The molecule has 0 aromatic carbocycles. The number of hydrogen-bond acceptors (Lipinski definition) is 1. The molecule has 2 rings (SSSR count). The van der Waals surface area contributed by atoms with E-state index < -0.39 is 0 Å². The van der Waals surface area contributed by atoms with Crippen LogP contribution >= 0.6 is 0 Å². The van der Waals surface area contributed by atoms with Gasteiger partial charge < -0.3 is 5.11 Å². The molecule has 1 N–H and O–H groups in total. The zero-order valence-electron chi connectivity index (χ0n) is 8.00. The van der Waals surface area contributed by atoms with Crippen molar-refractivity contribution in [3.8, 4) is 0 Å². The van der Waals surface area contributed by atoms with Crippen LogP contribution in [0.5, 0.6) is 0 Å². The topological polar surface area (TPSA) is 20.2 Å². The monoisotopic (exact) mass is 168 g/mol.